The minimum absolute atomic E-state index is 0.153. The van der Waals surface area contributed by atoms with Crippen molar-refractivity contribution in [2.24, 2.45) is 7.05 Å². The molecule has 0 saturated heterocycles. The van der Waals surface area contributed by atoms with Gasteiger partial charge in [-0.1, -0.05) is 54.9 Å². The van der Waals surface area contributed by atoms with Crippen molar-refractivity contribution in [2.45, 2.75) is 33.1 Å². The molecule has 2 aromatic carbocycles. The van der Waals surface area contributed by atoms with E-state index in [-0.39, 0.29) is 5.56 Å². The summed E-state index contributed by atoms with van der Waals surface area (Å²) in [7, 11) is 1.67. The van der Waals surface area contributed by atoms with Crippen LogP contribution in [0.15, 0.2) is 59.7 Å². The Bertz CT molecular complexity index is 1330. The van der Waals surface area contributed by atoms with Gasteiger partial charge in [-0.15, -0.1) is 0 Å². The van der Waals surface area contributed by atoms with Crippen LogP contribution >= 0.6 is 11.6 Å². The highest BCUT2D eigenvalue weighted by molar-refractivity contribution is 6.33. The highest BCUT2D eigenvalue weighted by Gasteiger charge is 2.15. The van der Waals surface area contributed by atoms with Crippen LogP contribution in [0.5, 0.6) is 5.88 Å². The molecule has 0 fully saturated rings. The van der Waals surface area contributed by atoms with Gasteiger partial charge in [-0.05, 0) is 48.1 Å². The summed E-state index contributed by atoms with van der Waals surface area (Å²) in [5.41, 5.74) is 3.79. The van der Waals surface area contributed by atoms with E-state index in [1.54, 1.807) is 19.4 Å². The van der Waals surface area contributed by atoms with Crippen molar-refractivity contribution in [2.75, 3.05) is 6.61 Å². The Morgan fingerprint density at radius 2 is 1.94 bits per heavy atom. The standard InChI is InChI=1S/C26H26ClN3O2/c1-4-20-18(11-12-19-8-5-6-10-21(19)20)9-7-13-32-26-23(15-28-17(2)29-26)22-14-25(31)30(3)16-24(22)27/h5-6,8,10-12,14-16H,4,7,9,13H2,1-3H3. The van der Waals surface area contributed by atoms with E-state index in [9.17, 15) is 4.79 Å². The van der Waals surface area contributed by atoms with Gasteiger partial charge in [-0.2, -0.15) is 4.98 Å². The summed E-state index contributed by atoms with van der Waals surface area (Å²) in [5, 5.41) is 3.05. The third kappa shape index (κ3) is 4.53. The summed E-state index contributed by atoms with van der Waals surface area (Å²) in [4.78, 5) is 20.9. The van der Waals surface area contributed by atoms with Crippen LogP contribution < -0.4 is 10.3 Å². The molecule has 164 valence electrons. The molecule has 0 radical (unpaired) electrons. The molecule has 0 aliphatic carbocycles. The average Bonchev–Trinajstić information content (AvgIpc) is 2.79. The van der Waals surface area contributed by atoms with Crippen LogP contribution in [0, 0.1) is 6.92 Å². The zero-order valence-corrected chi connectivity index (χ0v) is 19.3. The highest BCUT2D eigenvalue weighted by Crippen LogP contribution is 2.32. The smallest absolute Gasteiger partial charge is 0.250 e. The molecule has 0 unspecified atom stereocenters. The van der Waals surface area contributed by atoms with E-state index in [2.05, 4.69) is 53.3 Å². The average molecular weight is 448 g/mol. The lowest BCUT2D eigenvalue weighted by Gasteiger charge is -2.14. The lowest BCUT2D eigenvalue weighted by atomic mass is 9.94. The van der Waals surface area contributed by atoms with Gasteiger partial charge in [0.25, 0.3) is 5.56 Å². The molecular weight excluding hydrogens is 422 g/mol. The molecule has 0 amide bonds. The molecule has 6 heteroatoms. The van der Waals surface area contributed by atoms with Crippen molar-refractivity contribution < 1.29 is 4.74 Å². The highest BCUT2D eigenvalue weighted by atomic mass is 35.5. The lowest BCUT2D eigenvalue weighted by Crippen LogP contribution is -2.15. The van der Waals surface area contributed by atoms with Crippen LogP contribution in [-0.2, 0) is 19.9 Å². The van der Waals surface area contributed by atoms with Crippen molar-refractivity contribution in [1.29, 1.82) is 0 Å². The molecule has 0 saturated carbocycles. The number of hydrogen-bond acceptors (Lipinski definition) is 4. The Morgan fingerprint density at radius 3 is 2.75 bits per heavy atom. The molecule has 0 aliphatic rings. The maximum Gasteiger partial charge on any atom is 0.250 e. The second kappa shape index (κ2) is 9.53. The van der Waals surface area contributed by atoms with Gasteiger partial charge in [0.15, 0.2) is 0 Å². The fourth-order valence-electron chi connectivity index (χ4n) is 4.01. The number of benzene rings is 2. The number of aryl methyl sites for hydroxylation is 4. The van der Waals surface area contributed by atoms with E-state index in [4.69, 9.17) is 16.3 Å². The topological polar surface area (TPSA) is 57.0 Å². The number of rotatable bonds is 7. The minimum Gasteiger partial charge on any atom is -0.477 e. The van der Waals surface area contributed by atoms with Crippen LogP contribution in [-0.4, -0.2) is 21.1 Å². The van der Waals surface area contributed by atoms with Crippen LogP contribution in [0.3, 0.4) is 0 Å². The first-order valence-corrected chi connectivity index (χ1v) is 11.2. The maximum absolute atomic E-state index is 12.1. The fraction of sp³-hybridized carbons (Fsp3) is 0.269. The van der Waals surface area contributed by atoms with Gasteiger partial charge in [0, 0.05) is 31.1 Å². The number of nitrogens with zero attached hydrogens (tertiary/aromatic N) is 3. The van der Waals surface area contributed by atoms with Gasteiger partial charge in [0.2, 0.25) is 5.88 Å². The summed E-state index contributed by atoms with van der Waals surface area (Å²) in [6.07, 6.45) is 6.01. The Balaban J connectivity index is 1.52. The SMILES string of the molecule is CCc1c(CCCOc2nc(C)ncc2-c2cc(=O)n(C)cc2Cl)ccc2ccccc12. The normalized spacial score (nSPS) is 11.1. The summed E-state index contributed by atoms with van der Waals surface area (Å²) in [6.45, 7) is 4.51. The Kier molecular flexibility index (Phi) is 6.56. The van der Waals surface area contributed by atoms with E-state index < -0.39 is 0 Å². The number of fused-ring (bicyclic) bond motifs is 1. The van der Waals surface area contributed by atoms with E-state index in [0.29, 0.717) is 34.5 Å². The molecule has 0 aliphatic heterocycles. The van der Waals surface area contributed by atoms with Gasteiger partial charge >= 0.3 is 0 Å². The third-order valence-electron chi connectivity index (χ3n) is 5.66. The summed E-state index contributed by atoms with van der Waals surface area (Å²) < 4.78 is 7.50. The van der Waals surface area contributed by atoms with Crippen molar-refractivity contribution in [3.8, 4) is 17.0 Å². The minimum atomic E-state index is -0.153. The summed E-state index contributed by atoms with van der Waals surface area (Å²) >= 11 is 6.40. The van der Waals surface area contributed by atoms with Gasteiger partial charge in [-0.3, -0.25) is 4.79 Å². The summed E-state index contributed by atoms with van der Waals surface area (Å²) in [5.74, 6) is 1.05. The van der Waals surface area contributed by atoms with Crippen molar-refractivity contribution >= 4 is 22.4 Å². The lowest BCUT2D eigenvalue weighted by molar-refractivity contribution is 0.299. The van der Waals surface area contributed by atoms with E-state index in [1.807, 2.05) is 6.92 Å². The first-order chi connectivity index (χ1) is 15.5. The Hall–Kier alpha value is -3.18. The maximum atomic E-state index is 12.1. The number of pyridine rings is 1. The number of hydrogen-bond donors (Lipinski definition) is 0. The predicted octanol–water partition coefficient (Wildman–Crippen LogP) is 5.53. The van der Waals surface area contributed by atoms with E-state index >= 15 is 0 Å². The first kappa shape index (κ1) is 22.0. The molecule has 0 atom stereocenters. The molecule has 2 aromatic heterocycles. The molecule has 2 heterocycles. The second-order valence-corrected chi connectivity index (χ2v) is 8.26. The van der Waals surface area contributed by atoms with Crippen LogP contribution in [0.25, 0.3) is 21.9 Å². The third-order valence-corrected chi connectivity index (χ3v) is 5.97. The number of ether oxygens (including phenoxy) is 1. The van der Waals surface area contributed by atoms with Crippen LogP contribution in [0.2, 0.25) is 5.02 Å². The molecule has 5 nitrogen and oxygen atoms in total. The number of halogens is 1. The van der Waals surface area contributed by atoms with Crippen molar-refractivity contribution in [3.05, 3.63) is 87.2 Å². The molecule has 4 aromatic rings. The van der Waals surface area contributed by atoms with Crippen LogP contribution in [0.4, 0.5) is 0 Å². The van der Waals surface area contributed by atoms with Gasteiger partial charge < -0.3 is 9.30 Å². The molecule has 32 heavy (non-hydrogen) atoms. The van der Waals surface area contributed by atoms with E-state index in [0.717, 1.165) is 19.3 Å². The van der Waals surface area contributed by atoms with E-state index in [1.165, 1.54) is 32.5 Å². The van der Waals surface area contributed by atoms with Crippen molar-refractivity contribution in [1.82, 2.24) is 14.5 Å². The first-order valence-electron chi connectivity index (χ1n) is 10.8. The van der Waals surface area contributed by atoms with Crippen LogP contribution in [0.1, 0.15) is 30.3 Å². The monoisotopic (exact) mass is 447 g/mol. The zero-order valence-electron chi connectivity index (χ0n) is 18.6. The fourth-order valence-corrected chi connectivity index (χ4v) is 4.31. The Labute approximate surface area is 192 Å². The van der Waals surface area contributed by atoms with Crippen molar-refractivity contribution in [3.63, 3.8) is 0 Å². The molecule has 0 N–H and O–H groups in total. The van der Waals surface area contributed by atoms with Gasteiger partial charge in [0.1, 0.15) is 5.82 Å². The predicted molar refractivity (Wildman–Crippen MR) is 130 cm³/mol. The molecular formula is C26H26ClN3O2. The quantitative estimate of drug-likeness (QED) is 0.349. The second-order valence-electron chi connectivity index (χ2n) is 7.85. The van der Waals surface area contributed by atoms with Gasteiger partial charge in [0.05, 0.1) is 17.2 Å². The zero-order chi connectivity index (χ0) is 22.7. The molecule has 0 bridgehead atoms. The molecule has 4 rings (SSSR count). The van der Waals surface area contributed by atoms with Gasteiger partial charge in [-0.25, -0.2) is 4.98 Å². The number of aromatic nitrogens is 3. The summed E-state index contributed by atoms with van der Waals surface area (Å²) in [6, 6.07) is 14.4. The largest absolute Gasteiger partial charge is 0.477 e. The Morgan fingerprint density at radius 1 is 1.12 bits per heavy atom. The molecule has 0 spiro atoms.